The molecule has 1 saturated carbocycles. The highest BCUT2D eigenvalue weighted by Gasteiger charge is 2.21. The smallest absolute Gasteiger partial charge is 0.137 e. The lowest BCUT2D eigenvalue weighted by atomic mass is 9.97. The van der Waals surface area contributed by atoms with Gasteiger partial charge in [-0.05, 0) is 37.3 Å². The largest absolute Gasteiger partial charge is 0.492 e. The molecule has 2 rings (SSSR count). The Morgan fingerprint density at radius 1 is 1.29 bits per heavy atom. The van der Waals surface area contributed by atoms with Gasteiger partial charge in [0, 0.05) is 6.04 Å². The topological polar surface area (TPSA) is 35.2 Å². The molecule has 1 fully saturated rings. The molecule has 0 radical (unpaired) electrons. The molecule has 0 heterocycles. The van der Waals surface area contributed by atoms with Crippen LogP contribution in [0.15, 0.2) is 24.3 Å². The molecule has 1 aromatic carbocycles. The summed E-state index contributed by atoms with van der Waals surface area (Å²) >= 11 is 6.01. The van der Waals surface area contributed by atoms with Crippen LogP contribution in [0.5, 0.6) is 5.75 Å². The van der Waals surface area contributed by atoms with Crippen molar-refractivity contribution in [3.05, 3.63) is 29.3 Å². The van der Waals surface area contributed by atoms with Crippen LogP contribution in [0.3, 0.4) is 0 Å². The van der Waals surface area contributed by atoms with Gasteiger partial charge in [-0.2, -0.15) is 0 Å². The summed E-state index contributed by atoms with van der Waals surface area (Å²) in [6, 6.07) is 7.84. The highest BCUT2D eigenvalue weighted by molar-refractivity contribution is 6.32. The van der Waals surface area contributed by atoms with Crippen LogP contribution in [0.2, 0.25) is 5.02 Å². The third-order valence-electron chi connectivity index (χ3n) is 3.55. The SMILES string of the molecule is NC(CCOc1ccccc1Cl)C1CCCC1. The van der Waals surface area contributed by atoms with Gasteiger partial charge in [0.15, 0.2) is 0 Å². The van der Waals surface area contributed by atoms with Gasteiger partial charge in [0.2, 0.25) is 0 Å². The van der Waals surface area contributed by atoms with Gasteiger partial charge in [-0.15, -0.1) is 0 Å². The summed E-state index contributed by atoms with van der Waals surface area (Å²) in [5, 5.41) is 0.668. The molecule has 0 amide bonds. The van der Waals surface area contributed by atoms with Crippen LogP contribution in [0.25, 0.3) is 0 Å². The van der Waals surface area contributed by atoms with Crippen molar-refractivity contribution in [1.29, 1.82) is 0 Å². The van der Waals surface area contributed by atoms with Gasteiger partial charge in [-0.25, -0.2) is 0 Å². The minimum atomic E-state index is 0.278. The Bertz CT molecular complexity index is 350. The molecule has 1 aromatic rings. The summed E-state index contributed by atoms with van der Waals surface area (Å²) in [5.74, 6) is 1.46. The molecule has 2 nitrogen and oxygen atoms in total. The molecule has 1 atom stereocenters. The number of halogens is 1. The summed E-state index contributed by atoms with van der Waals surface area (Å²) in [5.41, 5.74) is 6.17. The Morgan fingerprint density at radius 2 is 2.00 bits per heavy atom. The van der Waals surface area contributed by atoms with Gasteiger partial charge < -0.3 is 10.5 Å². The Labute approximate surface area is 108 Å². The Hall–Kier alpha value is -0.730. The van der Waals surface area contributed by atoms with E-state index in [0.29, 0.717) is 17.5 Å². The summed E-state index contributed by atoms with van der Waals surface area (Å²) < 4.78 is 5.66. The van der Waals surface area contributed by atoms with Gasteiger partial charge >= 0.3 is 0 Å². The molecule has 1 aliphatic rings. The maximum atomic E-state index is 6.17. The lowest BCUT2D eigenvalue weighted by Crippen LogP contribution is -2.30. The fraction of sp³-hybridized carbons (Fsp3) is 0.571. The first-order valence-electron chi connectivity index (χ1n) is 6.40. The van der Waals surface area contributed by atoms with E-state index in [-0.39, 0.29) is 6.04 Å². The molecule has 1 unspecified atom stereocenters. The van der Waals surface area contributed by atoms with E-state index < -0.39 is 0 Å². The molecule has 0 bridgehead atoms. The van der Waals surface area contributed by atoms with Crippen molar-refractivity contribution in [3.63, 3.8) is 0 Å². The van der Waals surface area contributed by atoms with Gasteiger partial charge in [0.05, 0.1) is 11.6 Å². The molecule has 0 saturated heterocycles. The third-order valence-corrected chi connectivity index (χ3v) is 3.86. The maximum Gasteiger partial charge on any atom is 0.137 e. The van der Waals surface area contributed by atoms with E-state index >= 15 is 0 Å². The first kappa shape index (κ1) is 12.7. The van der Waals surface area contributed by atoms with E-state index in [0.717, 1.165) is 12.2 Å². The Kier molecular flexibility index (Phi) is 4.69. The predicted octanol–water partition coefficient (Wildman–Crippen LogP) is 3.63. The first-order valence-corrected chi connectivity index (χ1v) is 6.78. The summed E-state index contributed by atoms with van der Waals surface area (Å²) in [4.78, 5) is 0. The van der Waals surface area contributed by atoms with E-state index in [4.69, 9.17) is 22.1 Å². The van der Waals surface area contributed by atoms with Crippen LogP contribution >= 0.6 is 11.6 Å². The van der Waals surface area contributed by atoms with Crippen molar-refractivity contribution in [2.24, 2.45) is 11.7 Å². The minimum Gasteiger partial charge on any atom is -0.492 e. The van der Waals surface area contributed by atoms with Gasteiger partial charge in [-0.1, -0.05) is 36.6 Å². The molecule has 94 valence electrons. The van der Waals surface area contributed by atoms with E-state index in [1.54, 1.807) is 0 Å². The zero-order chi connectivity index (χ0) is 12.1. The van der Waals surface area contributed by atoms with E-state index in [1.807, 2.05) is 24.3 Å². The molecule has 0 aliphatic heterocycles. The highest BCUT2D eigenvalue weighted by Crippen LogP contribution is 2.28. The molecule has 17 heavy (non-hydrogen) atoms. The second-order valence-electron chi connectivity index (χ2n) is 4.78. The summed E-state index contributed by atoms with van der Waals surface area (Å²) in [6.45, 7) is 0.654. The molecule has 0 spiro atoms. The third kappa shape index (κ3) is 3.62. The average Bonchev–Trinajstić information content (AvgIpc) is 2.85. The quantitative estimate of drug-likeness (QED) is 0.870. The maximum absolute atomic E-state index is 6.17. The average molecular weight is 254 g/mol. The van der Waals surface area contributed by atoms with Crippen molar-refractivity contribution in [3.8, 4) is 5.75 Å². The van der Waals surface area contributed by atoms with E-state index in [2.05, 4.69) is 0 Å². The van der Waals surface area contributed by atoms with Gasteiger partial charge in [0.1, 0.15) is 5.75 Å². The van der Waals surface area contributed by atoms with E-state index in [9.17, 15) is 0 Å². The number of para-hydroxylation sites is 1. The molecule has 1 aliphatic carbocycles. The lowest BCUT2D eigenvalue weighted by Gasteiger charge is -2.18. The monoisotopic (exact) mass is 253 g/mol. The first-order chi connectivity index (χ1) is 8.27. The predicted molar refractivity (Wildman–Crippen MR) is 71.5 cm³/mol. The number of rotatable bonds is 5. The fourth-order valence-corrected chi connectivity index (χ4v) is 2.68. The second-order valence-corrected chi connectivity index (χ2v) is 5.18. The van der Waals surface area contributed by atoms with Gasteiger partial charge in [-0.3, -0.25) is 0 Å². The van der Waals surface area contributed by atoms with Crippen LogP contribution in [0, 0.1) is 5.92 Å². The molecular formula is C14H20ClNO. The lowest BCUT2D eigenvalue weighted by molar-refractivity contribution is 0.274. The highest BCUT2D eigenvalue weighted by atomic mass is 35.5. The van der Waals surface area contributed by atoms with Crippen LogP contribution in [-0.2, 0) is 0 Å². The van der Waals surface area contributed by atoms with Crippen molar-refractivity contribution in [2.75, 3.05) is 6.61 Å². The normalized spacial score (nSPS) is 18.2. The number of benzene rings is 1. The number of hydrogen-bond acceptors (Lipinski definition) is 2. The van der Waals surface area contributed by atoms with Gasteiger partial charge in [0.25, 0.3) is 0 Å². The molecule has 3 heteroatoms. The van der Waals surface area contributed by atoms with Crippen molar-refractivity contribution in [2.45, 2.75) is 38.1 Å². The van der Waals surface area contributed by atoms with Crippen molar-refractivity contribution < 1.29 is 4.74 Å². The fourth-order valence-electron chi connectivity index (χ4n) is 2.49. The molecule has 0 aromatic heterocycles. The molecule has 2 N–H and O–H groups in total. The number of nitrogens with two attached hydrogens (primary N) is 1. The van der Waals surface area contributed by atoms with Crippen molar-refractivity contribution in [1.82, 2.24) is 0 Å². The van der Waals surface area contributed by atoms with Crippen LogP contribution in [-0.4, -0.2) is 12.6 Å². The summed E-state index contributed by atoms with van der Waals surface area (Å²) in [6.07, 6.45) is 6.16. The zero-order valence-electron chi connectivity index (χ0n) is 10.1. The zero-order valence-corrected chi connectivity index (χ0v) is 10.8. The second kappa shape index (κ2) is 6.27. The Morgan fingerprint density at radius 3 is 2.71 bits per heavy atom. The standard InChI is InChI=1S/C14H20ClNO/c15-12-7-3-4-8-14(12)17-10-9-13(16)11-5-1-2-6-11/h3-4,7-8,11,13H,1-2,5-6,9-10,16H2. The van der Waals surface area contributed by atoms with Crippen molar-refractivity contribution >= 4 is 11.6 Å². The van der Waals surface area contributed by atoms with Crippen LogP contribution in [0.4, 0.5) is 0 Å². The Balaban J connectivity index is 1.74. The minimum absolute atomic E-state index is 0.278. The van der Waals surface area contributed by atoms with Crippen LogP contribution < -0.4 is 10.5 Å². The molecular weight excluding hydrogens is 234 g/mol. The number of hydrogen-bond donors (Lipinski definition) is 1. The van der Waals surface area contributed by atoms with E-state index in [1.165, 1.54) is 25.7 Å². The summed E-state index contributed by atoms with van der Waals surface area (Å²) in [7, 11) is 0. The van der Waals surface area contributed by atoms with Crippen LogP contribution in [0.1, 0.15) is 32.1 Å². The number of ether oxygens (including phenoxy) is 1.